The molecule has 1 N–H and O–H groups in total. The summed E-state index contributed by atoms with van der Waals surface area (Å²) in [4.78, 5) is 12.6. The number of rotatable bonds is 5. The van der Waals surface area contributed by atoms with Crippen molar-refractivity contribution in [1.82, 2.24) is 5.32 Å². The molecule has 3 saturated carbocycles. The molecule has 156 valence electrons. The zero-order valence-electron chi connectivity index (χ0n) is 16.1. The summed E-state index contributed by atoms with van der Waals surface area (Å²) in [6.45, 7) is 0. The van der Waals surface area contributed by atoms with Crippen LogP contribution in [0, 0.1) is 11.8 Å². The first-order valence-corrected chi connectivity index (χ1v) is 10.4. The van der Waals surface area contributed by atoms with E-state index in [1.54, 1.807) is 7.11 Å². The molecule has 0 aromatic heterocycles. The average Bonchev–Trinajstić information content (AvgIpc) is 3.14. The Labute approximate surface area is 159 Å². The van der Waals surface area contributed by atoms with Crippen molar-refractivity contribution in [2.75, 3.05) is 7.11 Å². The zero-order chi connectivity index (χ0) is 19.4. The fraction of sp³-hybridized carbons (Fsp3) is 0.950. The first kappa shape index (κ1) is 20.9. The first-order valence-electron chi connectivity index (χ1n) is 10.4. The second-order valence-corrected chi connectivity index (χ2v) is 8.41. The summed E-state index contributed by atoms with van der Waals surface area (Å²) < 4.78 is 51.7. The summed E-state index contributed by atoms with van der Waals surface area (Å²) in [5.74, 6) is -2.89. The molecule has 5 atom stereocenters. The number of alkyl halides is 3. The molecule has 0 aliphatic heterocycles. The van der Waals surface area contributed by atoms with E-state index in [0.29, 0.717) is 25.7 Å². The minimum atomic E-state index is -4.30. The highest BCUT2D eigenvalue weighted by Gasteiger charge is 2.48. The molecular weight excluding hydrogens is 359 g/mol. The van der Waals surface area contributed by atoms with Gasteiger partial charge in [-0.05, 0) is 44.9 Å². The molecule has 4 nitrogen and oxygen atoms in total. The highest BCUT2D eigenvalue weighted by molar-refractivity contribution is 5.79. The Balaban J connectivity index is 1.57. The summed E-state index contributed by atoms with van der Waals surface area (Å²) in [5, 5.41) is 2.92. The Morgan fingerprint density at radius 1 is 0.926 bits per heavy atom. The van der Waals surface area contributed by atoms with Gasteiger partial charge >= 0.3 is 6.18 Å². The van der Waals surface area contributed by atoms with E-state index in [1.165, 1.54) is 12.8 Å². The molecule has 0 heterocycles. The van der Waals surface area contributed by atoms with Gasteiger partial charge in [0.25, 0.3) is 0 Å². The lowest BCUT2D eigenvalue weighted by Crippen LogP contribution is -2.50. The third kappa shape index (κ3) is 5.37. The largest absolute Gasteiger partial charge is 0.392 e. The van der Waals surface area contributed by atoms with E-state index >= 15 is 0 Å². The minimum Gasteiger partial charge on any atom is -0.379 e. The van der Waals surface area contributed by atoms with Crippen LogP contribution >= 0.6 is 0 Å². The number of amides is 1. The summed E-state index contributed by atoms with van der Waals surface area (Å²) in [5.41, 5.74) is 0. The monoisotopic (exact) mass is 391 g/mol. The van der Waals surface area contributed by atoms with Crippen LogP contribution < -0.4 is 5.32 Å². The van der Waals surface area contributed by atoms with Crippen molar-refractivity contribution >= 4 is 5.91 Å². The smallest absolute Gasteiger partial charge is 0.379 e. The summed E-state index contributed by atoms with van der Waals surface area (Å²) in [6.07, 6.45) is 4.02. The molecule has 0 aromatic carbocycles. The minimum absolute atomic E-state index is 0.00337. The summed E-state index contributed by atoms with van der Waals surface area (Å²) in [7, 11) is 1.67. The van der Waals surface area contributed by atoms with Crippen molar-refractivity contribution < 1.29 is 27.4 Å². The predicted molar refractivity (Wildman–Crippen MR) is 95.2 cm³/mol. The van der Waals surface area contributed by atoms with Gasteiger partial charge in [-0.15, -0.1) is 0 Å². The number of carbonyl (C=O) groups is 1. The van der Waals surface area contributed by atoms with Crippen molar-refractivity contribution in [3.05, 3.63) is 0 Å². The molecule has 3 rings (SSSR count). The van der Waals surface area contributed by atoms with Crippen molar-refractivity contribution in [2.45, 2.75) is 101 Å². The summed E-state index contributed by atoms with van der Waals surface area (Å²) in [6, 6.07) is -0.133. The molecule has 0 saturated heterocycles. The van der Waals surface area contributed by atoms with E-state index in [-0.39, 0.29) is 30.8 Å². The van der Waals surface area contributed by atoms with Gasteiger partial charge in [-0.25, -0.2) is 0 Å². The highest BCUT2D eigenvalue weighted by Crippen LogP contribution is 2.41. The van der Waals surface area contributed by atoms with Crippen molar-refractivity contribution in [3.8, 4) is 0 Å². The van der Waals surface area contributed by atoms with Crippen molar-refractivity contribution in [3.63, 3.8) is 0 Å². The molecule has 5 unspecified atom stereocenters. The van der Waals surface area contributed by atoms with Gasteiger partial charge in [0, 0.05) is 19.1 Å². The van der Waals surface area contributed by atoms with Crippen LogP contribution in [0.3, 0.4) is 0 Å². The molecule has 27 heavy (non-hydrogen) atoms. The maximum Gasteiger partial charge on any atom is 0.392 e. The number of hydrogen-bond donors (Lipinski definition) is 1. The molecule has 7 heteroatoms. The molecule has 0 radical (unpaired) electrons. The van der Waals surface area contributed by atoms with Gasteiger partial charge in [-0.2, -0.15) is 13.2 Å². The lowest BCUT2D eigenvalue weighted by Gasteiger charge is -2.38. The Morgan fingerprint density at radius 3 is 2.26 bits per heavy atom. The van der Waals surface area contributed by atoms with E-state index in [9.17, 15) is 18.0 Å². The second kappa shape index (κ2) is 9.12. The van der Waals surface area contributed by atoms with Gasteiger partial charge in [-0.3, -0.25) is 4.79 Å². The first-order chi connectivity index (χ1) is 12.9. The van der Waals surface area contributed by atoms with Crippen LogP contribution in [0.5, 0.6) is 0 Å². The predicted octanol–water partition coefficient (Wildman–Crippen LogP) is 4.37. The fourth-order valence-corrected chi connectivity index (χ4v) is 5.06. The van der Waals surface area contributed by atoms with Crippen LogP contribution in [-0.4, -0.2) is 43.5 Å². The summed E-state index contributed by atoms with van der Waals surface area (Å²) >= 11 is 0. The van der Waals surface area contributed by atoms with Gasteiger partial charge < -0.3 is 14.8 Å². The molecular formula is C20H32F3NO3. The quantitative estimate of drug-likeness (QED) is 0.757. The van der Waals surface area contributed by atoms with Gasteiger partial charge in [-0.1, -0.05) is 25.7 Å². The maximum absolute atomic E-state index is 13.3. The standard InChI is InChI=1S/C20H32F3NO3/c1-26-17-11-10-13(12-18(17)27-14-6-2-3-7-14)24-19(25)15-8-4-5-9-16(15)20(21,22)23/h13-18H,2-12H2,1H3,(H,24,25). The SMILES string of the molecule is COC1CCC(NC(=O)C2CCCCC2C(F)(F)F)CC1OC1CCCC1. The number of carbonyl (C=O) groups excluding carboxylic acids is 1. The number of nitrogens with one attached hydrogen (secondary N) is 1. The Hall–Kier alpha value is -0.820. The van der Waals surface area contributed by atoms with E-state index in [0.717, 1.165) is 25.7 Å². The molecule has 3 aliphatic rings. The molecule has 1 amide bonds. The van der Waals surface area contributed by atoms with Crippen molar-refractivity contribution in [1.29, 1.82) is 0 Å². The fourth-order valence-electron chi connectivity index (χ4n) is 5.06. The van der Waals surface area contributed by atoms with E-state index in [1.807, 2.05) is 0 Å². The second-order valence-electron chi connectivity index (χ2n) is 8.41. The molecule has 3 aliphatic carbocycles. The number of methoxy groups -OCH3 is 1. The van der Waals surface area contributed by atoms with Gasteiger partial charge in [0.05, 0.1) is 24.2 Å². The number of hydrogen-bond acceptors (Lipinski definition) is 3. The van der Waals surface area contributed by atoms with Crippen LogP contribution in [0.1, 0.15) is 70.6 Å². The number of ether oxygens (including phenoxy) is 2. The maximum atomic E-state index is 13.3. The highest BCUT2D eigenvalue weighted by atomic mass is 19.4. The van der Waals surface area contributed by atoms with Crippen LogP contribution in [0.4, 0.5) is 13.2 Å². The Kier molecular flexibility index (Phi) is 7.06. The van der Waals surface area contributed by atoms with Crippen LogP contribution in [0.25, 0.3) is 0 Å². The van der Waals surface area contributed by atoms with Gasteiger partial charge in [0.1, 0.15) is 0 Å². The Bertz CT molecular complexity index is 493. The van der Waals surface area contributed by atoms with Crippen LogP contribution in [0.2, 0.25) is 0 Å². The number of halogens is 3. The topological polar surface area (TPSA) is 47.6 Å². The molecule has 0 aromatic rings. The molecule has 0 spiro atoms. The van der Waals surface area contributed by atoms with Gasteiger partial charge in [0.2, 0.25) is 5.91 Å². The lowest BCUT2D eigenvalue weighted by molar-refractivity contribution is -0.198. The van der Waals surface area contributed by atoms with Crippen LogP contribution in [0.15, 0.2) is 0 Å². The van der Waals surface area contributed by atoms with E-state index in [2.05, 4.69) is 5.32 Å². The van der Waals surface area contributed by atoms with E-state index < -0.39 is 23.9 Å². The normalized spacial score (nSPS) is 35.9. The Morgan fingerprint density at radius 2 is 1.59 bits per heavy atom. The zero-order valence-corrected chi connectivity index (χ0v) is 16.1. The lowest BCUT2D eigenvalue weighted by atomic mass is 9.78. The van der Waals surface area contributed by atoms with E-state index in [4.69, 9.17) is 9.47 Å². The third-order valence-corrected chi connectivity index (χ3v) is 6.57. The molecule has 0 bridgehead atoms. The van der Waals surface area contributed by atoms with Crippen molar-refractivity contribution in [2.24, 2.45) is 11.8 Å². The average molecular weight is 391 g/mol. The van der Waals surface area contributed by atoms with Gasteiger partial charge in [0.15, 0.2) is 0 Å². The molecule has 3 fully saturated rings. The third-order valence-electron chi connectivity index (χ3n) is 6.57. The van der Waals surface area contributed by atoms with Crippen LogP contribution in [-0.2, 0) is 14.3 Å².